The molecule has 0 fully saturated rings. The lowest BCUT2D eigenvalue weighted by atomic mass is 10.1. The van der Waals surface area contributed by atoms with E-state index in [2.05, 4.69) is 32.2 Å². The first-order valence-electron chi connectivity index (χ1n) is 6.41. The van der Waals surface area contributed by atoms with Crippen LogP contribution in [0.15, 0.2) is 42.7 Å². The van der Waals surface area contributed by atoms with Crippen molar-refractivity contribution in [3.63, 3.8) is 0 Å². The molecule has 4 heteroatoms. The zero-order valence-corrected chi connectivity index (χ0v) is 11.8. The highest BCUT2D eigenvalue weighted by molar-refractivity contribution is 6.04. The lowest BCUT2D eigenvalue weighted by Crippen LogP contribution is -2.20. The molecule has 0 atom stereocenters. The summed E-state index contributed by atoms with van der Waals surface area (Å²) in [5, 5.41) is 11.8. The summed E-state index contributed by atoms with van der Waals surface area (Å²) >= 11 is 0. The predicted octanol–water partition coefficient (Wildman–Crippen LogP) is 3.37. The second kappa shape index (κ2) is 5.22. The number of anilines is 1. The zero-order valence-electron chi connectivity index (χ0n) is 11.8. The van der Waals surface area contributed by atoms with Crippen LogP contribution in [0.3, 0.4) is 0 Å². The number of benzene rings is 1. The summed E-state index contributed by atoms with van der Waals surface area (Å²) in [5.74, 6) is -0.212. The third kappa shape index (κ3) is 2.89. The highest BCUT2D eigenvalue weighted by Gasteiger charge is 2.15. The minimum atomic E-state index is -0.212. The number of hydrogen-bond donors (Lipinski definition) is 1. The van der Waals surface area contributed by atoms with Crippen LogP contribution in [0.5, 0.6) is 0 Å². The number of aromatic nitrogens is 1. The third-order valence-electron chi connectivity index (χ3n) is 3.03. The lowest BCUT2D eigenvalue weighted by Gasteiger charge is -2.20. The molecule has 0 unspecified atom stereocenters. The van der Waals surface area contributed by atoms with Crippen molar-refractivity contribution < 1.29 is 4.79 Å². The van der Waals surface area contributed by atoms with Crippen molar-refractivity contribution in [3.8, 4) is 6.07 Å². The Morgan fingerprint density at radius 1 is 1.25 bits per heavy atom. The molecule has 102 valence electrons. The predicted molar refractivity (Wildman–Crippen MR) is 78.5 cm³/mol. The largest absolute Gasteiger partial charge is 0.348 e. The molecule has 1 amide bonds. The van der Waals surface area contributed by atoms with E-state index in [1.54, 1.807) is 30.3 Å². The van der Waals surface area contributed by atoms with Crippen molar-refractivity contribution in [1.29, 1.82) is 5.26 Å². The highest BCUT2D eigenvalue weighted by Crippen LogP contribution is 2.18. The first-order valence-corrected chi connectivity index (χ1v) is 6.41. The van der Waals surface area contributed by atoms with Crippen molar-refractivity contribution in [2.45, 2.75) is 26.3 Å². The maximum atomic E-state index is 12.2. The van der Waals surface area contributed by atoms with E-state index in [1.807, 2.05) is 17.0 Å². The molecule has 0 bridgehead atoms. The Morgan fingerprint density at radius 3 is 2.55 bits per heavy atom. The Kier molecular flexibility index (Phi) is 3.62. The van der Waals surface area contributed by atoms with E-state index < -0.39 is 0 Å². The molecule has 0 saturated heterocycles. The van der Waals surface area contributed by atoms with Crippen LogP contribution >= 0.6 is 0 Å². The van der Waals surface area contributed by atoms with Gasteiger partial charge in [-0.25, -0.2) is 0 Å². The fourth-order valence-corrected chi connectivity index (χ4v) is 1.83. The number of hydrogen-bond acceptors (Lipinski definition) is 2. The molecule has 1 heterocycles. The van der Waals surface area contributed by atoms with Gasteiger partial charge in [-0.2, -0.15) is 5.26 Å². The zero-order chi connectivity index (χ0) is 14.8. The quantitative estimate of drug-likeness (QED) is 0.907. The van der Waals surface area contributed by atoms with Crippen molar-refractivity contribution in [1.82, 2.24) is 4.57 Å². The van der Waals surface area contributed by atoms with Crippen LogP contribution < -0.4 is 5.32 Å². The van der Waals surface area contributed by atoms with Gasteiger partial charge in [-0.05, 0) is 39.0 Å². The standard InChI is InChI=1S/C16H17N3O/c1-16(2,3)19-9-8-13(11-19)15(20)18-14-7-5-4-6-12(14)10-17/h4-9,11H,1-3H3,(H,18,20). The lowest BCUT2D eigenvalue weighted by molar-refractivity contribution is 0.102. The number of rotatable bonds is 2. The number of amides is 1. The van der Waals surface area contributed by atoms with Crippen LogP contribution in [0.25, 0.3) is 0 Å². The molecule has 0 aliphatic rings. The van der Waals surface area contributed by atoms with Gasteiger partial charge in [0.15, 0.2) is 0 Å². The average molecular weight is 267 g/mol. The number of carbonyl (C=O) groups excluding carboxylic acids is 1. The average Bonchev–Trinajstić information content (AvgIpc) is 2.89. The van der Waals surface area contributed by atoms with Crippen LogP contribution in [0, 0.1) is 11.3 Å². The molecule has 2 rings (SSSR count). The van der Waals surface area contributed by atoms with Gasteiger partial charge in [-0.15, -0.1) is 0 Å². The van der Waals surface area contributed by atoms with E-state index in [4.69, 9.17) is 5.26 Å². The van der Waals surface area contributed by atoms with Gasteiger partial charge in [0.25, 0.3) is 5.91 Å². The number of para-hydroxylation sites is 1. The van der Waals surface area contributed by atoms with Crippen molar-refractivity contribution in [2.75, 3.05) is 5.32 Å². The molecule has 1 aromatic carbocycles. The second-order valence-electron chi connectivity index (χ2n) is 5.59. The SMILES string of the molecule is CC(C)(C)n1ccc(C(=O)Nc2ccccc2C#N)c1. The minimum absolute atomic E-state index is 0.0664. The smallest absolute Gasteiger partial charge is 0.257 e. The molecule has 1 aromatic heterocycles. The Balaban J connectivity index is 2.21. The molecular weight excluding hydrogens is 250 g/mol. The Labute approximate surface area is 118 Å². The molecule has 0 radical (unpaired) electrons. The second-order valence-corrected chi connectivity index (χ2v) is 5.59. The van der Waals surface area contributed by atoms with Crippen LogP contribution in [0.1, 0.15) is 36.7 Å². The Morgan fingerprint density at radius 2 is 1.95 bits per heavy atom. The van der Waals surface area contributed by atoms with E-state index in [9.17, 15) is 4.79 Å². The van der Waals surface area contributed by atoms with Crippen molar-refractivity contribution in [3.05, 3.63) is 53.9 Å². The van der Waals surface area contributed by atoms with Gasteiger partial charge in [0.05, 0.1) is 16.8 Å². The minimum Gasteiger partial charge on any atom is -0.348 e. The number of carbonyl (C=O) groups is 1. The third-order valence-corrected chi connectivity index (χ3v) is 3.03. The number of nitrogens with one attached hydrogen (secondary N) is 1. The Hall–Kier alpha value is -2.54. The van der Waals surface area contributed by atoms with Gasteiger partial charge >= 0.3 is 0 Å². The summed E-state index contributed by atoms with van der Waals surface area (Å²) in [5.41, 5.74) is 1.50. The molecule has 0 spiro atoms. The first-order chi connectivity index (χ1) is 9.41. The number of nitrogens with zero attached hydrogens (tertiary/aromatic N) is 2. The van der Waals surface area contributed by atoms with Gasteiger partial charge in [0.1, 0.15) is 6.07 Å². The van der Waals surface area contributed by atoms with Gasteiger partial charge in [0.2, 0.25) is 0 Å². The summed E-state index contributed by atoms with van der Waals surface area (Å²) in [6.07, 6.45) is 3.69. The molecule has 20 heavy (non-hydrogen) atoms. The normalized spacial score (nSPS) is 10.9. The fourth-order valence-electron chi connectivity index (χ4n) is 1.83. The molecular formula is C16H17N3O. The first kappa shape index (κ1) is 13.9. The molecule has 4 nitrogen and oxygen atoms in total. The fraction of sp³-hybridized carbons (Fsp3) is 0.250. The van der Waals surface area contributed by atoms with Gasteiger partial charge in [-0.1, -0.05) is 12.1 Å². The maximum absolute atomic E-state index is 12.2. The van der Waals surface area contributed by atoms with E-state index in [0.29, 0.717) is 16.8 Å². The topological polar surface area (TPSA) is 57.8 Å². The summed E-state index contributed by atoms with van der Waals surface area (Å²) in [7, 11) is 0. The summed E-state index contributed by atoms with van der Waals surface area (Å²) < 4.78 is 1.98. The van der Waals surface area contributed by atoms with E-state index in [-0.39, 0.29) is 11.4 Å². The summed E-state index contributed by atoms with van der Waals surface area (Å²) in [6.45, 7) is 6.21. The van der Waals surface area contributed by atoms with Crippen LogP contribution in [-0.4, -0.2) is 10.5 Å². The van der Waals surface area contributed by atoms with Crippen LogP contribution in [0.4, 0.5) is 5.69 Å². The maximum Gasteiger partial charge on any atom is 0.257 e. The van der Waals surface area contributed by atoms with E-state index in [0.717, 1.165) is 0 Å². The molecule has 0 aliphatic heterocycles. The van der Waals surface area contributed by atoms with Gasteiger partial charge < -0.3 is 9.88 Å². The van der Waals surface area contributed by atoms with E-state index >= 15 is 0 Å². The number of nitriles is 1. The molecule has 2 aromatic rings. The van der Waals surface area contributed by atoms with Crippen LogP contribution in [-0.2, 0) is 5.54 Å². The van der Waals surface area contributed by atoms with Crippen LogP contribution in [0.2, 0.25) is 0 Å². The molecule has 1 N–H and O–H groups in total. The molecule has 0 saturated carbocycles. The summed E-state index contributed by atoms with van der Waals surface area (Å²) in [4.78, 5) is 12.2. The molecule has 0 aliphatic carbocycles. The Bertz CT molecular complexity index is 672. The summed E-state index contributed by atoms with van der Waals surface area (Å²) in [6, 6.07) is 10.8. The van der Waals surface area contributed by atoms with Crippen molar-refractivity contribution >= 4 is 11.6 Å². The van der Waals surface area contributed by atoms with Gasteiger partial charge in [-0.3, -0.25) is 4.79 Å². The van der Waals surface area contributed by atoms with Crippen molar-refractivity contribution in [2.24, 2.45) is 0 Å². The van der Waals surface area contributed by atoms with Gasteiger partial charge in [0, 0.05) is 17.9 Å². The highest BCUT2D eigenvalue weighted by atomic mass is 16.1. The van der Waals surface area contributed by atoms with E-state index in [1.165, 1.54) is 0 Å². The monoisotopic (exact) mass is 267 g/mol.